The normalized spacial score (nSPS) is 11.7. The minimum Gasteiger partial charge on any atom is -0.481 e. The van der Waals surface area contributed by atoms with Crippen molar-refractivity contribution in [3.8, 4) is 0 Å². The molecule has 0 spiro atoms. The number of carboxylic acids is 1. The Hall–Kier alpha value is -1.35. The SMILES string of the molecule is CCC(CC)(CNCc1cc(C)c(C)cc1C)C(=O)O. The standard InChI is InChI=1S/C17H27NO2/c1-6-17(7-2,16(19)20)11-18-10-15-9-13(4)12(3)8-14(15)5/h8-9,18H,6-7,10-11H2,1-5H3,(H,19,20). The van der Waals surface area contributed by atoms with Gasteiger partial charge < -0.3 is 10.4 Å². The molecule has 0 saturated heterocycles. The molecule has 3 heteroatoms. The van der Waals surface area contributed by atoms with Crippen molar-refractivity contribution in [3.05, 3.63) is 34.4 Å². The van der Waals surface area contributed by atoms with Gasteiger partial charge in [0.15, 0.2) is 0 Å². The van der Waals surface area contributed by atoms with Crippen molar-refractivity contribution < 1.29 is 9.90 Å². The quantitative estimate of drug-likeness (QED) is 0.800. The summed E-state index contributed by atoms with van der Waals surface area (Å²) in [6, 6.07) is 4.38. The molecule has 0 unspecified atom stereocenters. The van der Waals surface area contributed by atoms with Crippen LogP contribution in [0.25, 0.3) is 0 Å². The second-order valence-corrected chi connectivity index (χ2v) is 5.76. The lowest BCUT2D eigenvalue weighted by Crippen LogP contribution is -2.40. The third kappa shape index (κ3) is 3.60. The van der Waals surface area contributed by atoms with Crippen molar-refractivity contribution in [1.82, 2.24) is 5.32 Å². The van der Waals surface area contributed by atoms with E-state index in [2.05, 4.69) is 38.2 Å². The molecule has 1 rings (SSSR count). The molecule has 1 aromatic rings. The highest BCUT2D eigenvalue weighted by atomic mass is 16.4. The fraction of sp³-hybridized carbons (Fsp3) is 0.588. The van der Waals surface area contributed by atoms with Crippen LogP contribution >= 0.6 is 0 Å². The van der Waals surface area contributed by atoms with E-state index in [1.54, 1.807) is 0 Å². The van der Waals surface area contributed by atoms with Crippen LogP contribution < -0.4 is 5.32 Å². The smallest absolute Gasteiger partial charge is 0.310 e. The van der Waals surface area contributed by atoms with Crippen molar-refractivity contribution in [3.63, 3.8) is 0 Å². The summed E-state index contributed by atoms with van der Waals surface area (Å²) in [5.41, 5.74) is 4.44. The Kier molecular flexibility index (Phi) is 5.75. The van der Waals surface area contributed by atoms with E-state index in [9.17, 15) is 9.90 Å². The monoisotopic (exact) mass is 277 g/mol. The van der Waals surface area contributed by atoms with Gasteiger partial charge in [-0.2, -0.15) is 0 Å². The van der Waals surface area contributed by atoms with E-state index in [-0.39, 0.29) is 0 Å². The van der Waals surface area contributed by atoms with Crippen LogP contribution in [0.15, 0.2) is 12.1 Å². The second-order valence-electron chi connectivity index (χ2n) is 5.76. The summed E-state index contributed by atoms with van der Waals surface area (Å²) in [5, 5.41) is 12.7. The average molecular weight is 277 g/mol. The number of carbonyl (C=O) groups is 1. The zero-order valence-corrected chi connectivity index (χ0v) is 13.3. The maximum Gasteiger partial charge on any atom is 0.310 e. The molecular formula is C17H27NO2. The van der Waals surface area contributed by atoms with Crippen LogP contribution in [-0.2, 0) is 11.3 Å². The highest BCUT2D eigenvalue weighted by Gasteiger charge is 2.34. The molecule has 0 fully saturated rings. The molecule has 20 heavy (non-hydrogen) atoms. The van der Waals surface area contributed by atoms with Crippen LogP contribution in [-0.4, -0.2) is 17.6 Å². The molecule has 0 aliphatic rings. The van der Waals surface area contributed by atoms with Gasteiger partial charge in [0, 0.05) is 13.1 Å². The summed E-state index contributed by atoms with van der Waals surface area (Å²) in [6.07, 6.45) is 1.30. The molecule has 3 nitrogen and oxygen atoms in total. The maximum absolute atomic E-state index is 11.5. The highest BCUT2D eigenvalue weighted by Crippen LogP contribution is 2.26. The number of nitrogens with one attached hydrogen (secondary N) is 1. The van der Waals surface area contributed by atoms with Crippen LogP contribution in [0.4, 0.5) is 0 Å². The van der Waals surface area contributed by atoms with Gasteiger partial charge >= 0.3 is 5.97 Å². The fourth-order valence-corrected chi connectivity index (χ4v) is 2.53. The number of aliphatic carboxylic acids is 1. The van der Waals surface area contributed by atoms with Crippen LogP contribution in [0, 0.1) is 26.2 Å². The van der Waals surface area contributed by atoms with E-state index in [1.807, 2.05) is 13.8 Å². The van der Waals surface area contributed by atoms with Gasteiger partial charge in [0.05, 0.1) is 5.41 Å². The lowest BCUT2D eigenvalue weighted by molar-refractivity contribution is -0.149. The number of aryl methyl sites for hydroxylation is 3. The summed E-state index contributed by atoms with van der Waals surface area (Å²) in [7, 11) is 0. The predicted octanol–water partition coefficient (Wildman–Crippen LogP) is 3.59. The Morgan fingerprint density at radius 2 is 1.65 bits per heavy atom. The molecule has 0 aliphatic carbocycles. The number of hydrogen-bond acceptors (Lipinski definition) is 2. The first-order valence-electron chi connectivity index (χ1n) is 7.37. The van der Waals surface area contributed by atoms with Gasteiger partial charge in [0.25, 0.3) is 0 Å². The number of benzene rings is 1. The van der Waals surface area contributed by atoms with E-state index in [1.165, 1.54) is 22.3 Å². The first kappa shape index (κ1) is 16.7. The van der Waals surface area contributed by atoms with Gasteiger partial charge in [-0.3, -0.25) is 4.79 Å². The third-order valence-corrected chi connectivity index (χ3v) is 4.54. The van der Waals surface area contributed by atoms with Gasteiger partial charge in [-0.15, -0.1) is 0 Å². The maximum atomic E-state index is 11.5. The van der Waals surface area contributed by atoms with Crippen LogP contribution in [0.5, 0.6) is 0 Å². The number of rotatable bonds is 7. The number of hydrogen-bond donors (Lipinski definition) is 2. The Labute approximate surface area is 122 Å². The fourth-order valence-electron chi connectivity index (χ4n) is 2.53. The van der Waals surface area contributed by atoms with E-state index in [4.69, 9.17) is 0 Å². The molecule has 1 aromatic carbocycles. The Balaban J connectivity index is 2.73. The topological polar surface area (TPSA) is 49.3 Å². The highest BCUT2D eigenvalue weighted by molar-refractivity contribution is 5.74. The molecule has 0 amide bonds. The van der Waals surface area contributed by atoms with Crippen molar-refractivity contribution in [2.45, 2.75) is 54.0 Å². The molecule has 0 radical (unpaired) electrons. The molecule has 0 aliphatic heterocycles. The van der Waals surface area contributed by atoms with Crippen LogP contribution in [0.1, 0.15) is 48.9 Å². The first-order chi connectivity index (χ1) is 9.36. The molecule has 2 N–H and O–H groups in total. The summed E-state index contributed by atoms with van der Waals surface area (Å²) < 4.78 is 0. The summed E-state index contributed by atoms with van der Waals surface area (Å²) in [5.74, 6) is -0.702. The average Bonchev–Trinajstić information content (AvgIpc) is 2.40. The van der Waals surface area contributed by atoms with Crippen LogP contribution in [0.2, 0.25) is 0 Å². The Morgan fingerprint density at radius 1 is 1.10 bits per heavy atom. The van der Waals surface area contributed by atoms with Gasteiger partial charge in [-0.1, -0.05) is 26.0 Å². The van der Waals surface area contributed by atoms with Crippen LogP contribution in [0.3, 0.4) is 0 Å². The van der Waals surface area contributed by atoms with E-state index >= 15 is 0 Å². The first-order valence-corrected chi connectivity index (χ1v) is 7.37. The molecule has 0 heterocycles. The summed E-state index contributed by atoms with van der Waals surface area (Å²) in [6.45, 7) is 11.5. The zero-order valence-electron chi connectivity index (χ0n) is 13.3. The largest absolute Gasteiger partial charge is 0.481 e. The molecule has 0 bridgehead atoms. The second kappa shape index (κ2) is 6.89. The minimum absolute atomic E-state index is 0.516. The predicted molar refractivity (Wildman–Crippen MR) is 83.0 cm³/mol. The zero-order chi connectivity index (χ0) is 15.3. The van der Waals surface area contributed by atoms with E-state index in [0.717, 1.165) is 6.54 Å². The van der Waals surface area contributed by atoms with Crippen molar-refractivity contribution in [2.75, 3.05) is 6.54 Å². The molecule has 0 saturated carbocycles. The van der Waals surface area contributed by atoms with Gasteiger partial charge in [-0.05, 0) is 55.9 Å². The lowest BCUT2D eigenvalue weighted by Gasteiger charge is -2.27. The van der Waals surface area contributed by atoms with Gasteiger partial charge in [-0.25, -0.2) is 0 Å². The Morgan fingerprint density at radius 3 is 2.15 bits per heavy atom. The molecule has 0 atom stereocenters. The Bertz CT molecular complexity index is 476. The summed E-state index contributed by atoms with van der Waals surface area (Å²) >= 11 is 0. The minimum atomic E-state index is -0.702. The summed E-state index contributed by atoms with van der Waals surface area (Å²) in [4.78, 5) is 11.5. The third-order valence-electron chi connectivity index (χ3n) is 4.54. The van der Waals surface area contributed by atoms with Crippen molar-refractivity contribution in [2.24, 2.45) is 5.41 Å². The van der Waals surface area contributed by atoms with Gasteiger partial charge in [0.1, 0.15) is 0 Å². The van der Waals surface area contributed by atoms with E-state index in [0.29, 0.717) is 19.4 Å². The molecule has 112 valence electrons. The van der Waals surface area contributed by atoms with E-state index < -0.39 is 11.4 Å². The number of carboxylic acid groups (broad SMARTS) is 1. The molecule has 0 aromatic heterocycles. The lowest BCUT2D eigenvalue weighted by atomic mass is 9.82. The van der Waals surface area contributed by atoms with Crippen molar-refractivity contribution in [1.29, 1.82) is 0 Å². The molecular weight excluding hydrogens is 250 g/mol. The van der Waals surface area contributed by atoms with Gasteiger partial charge in [0.2, 0.25) is 0 Å². The van der Waals surface area contributed by atoms with Crippen molar-refractivity contribution >= 4 is 5.97 Å².